The minimum absolute atomic E-state index is 0.223. The van der Waals surface area contributed by atoms with E-state index in [-0.39, 0.29) is 6.04 Å². The summed E-state index contributed by atoms with van der Waals surface area (Å²) in [5.41, 5.74) is 6.38. The van der Waals surface area contributed by atoms with Gasteiger partial charge in [-0.1, -0.05) is 0 Å². The SMILES string of the molecule is COCC(C)NC(N)=NCC12CCC(CC1)C2. The molecular formula is C13H25N3O. The number of nitrogens with two attached hydrogens (primary N) is 1. The first-order valence-electron chi connectivity index (χ1n) is 6.69. The molecule has 2 rings (SSSR count). The standard InChI is InChI=1S/C13H25N3O/c1-10(8-17-2)16-12(14)15-9-13-5-3-11(7-13)4-6-13/h10-11H,3-9H2,1-2H3,(H3,14,15,16). The summed E-state index contributed by atoms with van der Waals surface area (Å²) in [5, 5.41) is 3.16. The van der Waals surface area contributed by atoms with Crippen molar-refractivity contribution < 1.29 is 4.74 Å². The molecule has 4 nitrogen and oxygen atoms in total. The highest BCUT2D eigenvalue weighted by molar-refractivity contribution is 5.78. The molecule has 1 unspecified atom stereocenters. The minimum Gasteiger partial charge on any atom is -0.383 e. The lowest BCUT2D eigenvalue weighted by Gasteiger charge is -2.24. The maximum atomic E-state index is 5.89. The van der Waals surface area contributed by atoms with E-state index in [2.05, 4.69) is 10.3 Å². The number of hydrogen-bond donors (Lipinski definition) is 2. The Hall–Kier alpha value is -0.770. The molecule has 98 valence electrons. The van der Waals surface area contributed by atoms with Crippen LogP contribution < -0.4 is 11.1 Å². The fraction of sp³-hybridized carbons (Fsp3) is 0.923. The summed E-state index contributed by atoms with van der Waals surface area (Å²) in [4.78, 5) is 4.53. The number of ether oxygens (including phenoxy) is 1. The van der Waals surface area contributed by atoms with E-state index in [4.69, 9.17) is 10.5 Å². The third-order valence-electron chi connectivity index (χ3n) is 4.28. The number of nitrogens with zero attached hydrogens (tertiary/aromatic N) is 1. The van der Waals surface area contributed by atoms with Crippen molar-refractivity contribution in [1.29, 1.82) is 0 Å². The predicted octanol–water partition coefficient (Wildman–Crippen LogP) is 1.51. The van der Waals surface area contributed by atoms with Gasteiger partial charge in [-0.15, -0.1) is 0 Å². The normalized spacial score (nSPS) is 34.0. The van der Waals surface area contributed by atoms with Crippen LogP contribution in [0.5, 0.6) is 0 Å². The molecule has 0 radical (unpaired) electrons. The van der Waals surface area contributed by atoms with E-state index >= 15 is 0 Å². The Morgan fingerprint density at radius 2 is 2.24 bits per heavy atom. The average molecular weight is 239 g/mol. The first-order chi connectivity index (χ1) is 8.13. The molecule has 0 saturated heterocycles. The maximum absolute atomic E-state index is 5.89. The van der Waals surface area contributed by atoms with Crippen LogP contribution in [-0.4, -0.2) is 32.3 Å². The Kier molecular flexibility index (Phi) is 3.92. The molecule has 2 aliphatic rings. The molecule has 0 aromatic heterocycles. The van der Waals surface area contributed by atoms with Crippen molar-refractivity contribution in [2.75, 3.05) is 20.3 Å². The van der Waals surface area contributed by atoms with Crippen molar-refractivity contribution in [2.45, 2.75) is 45.1 Å². The van der Waals surface area contributed by atoms with Gasteiger partial charge in [0.15, 0.2) is 5.96 Å². The van der Waals surface area contributed by atoms with E-state index < -0.39 is 0 Å². The van der Waals surface area contributed by atoms with Crippen molar-refractivity contribution >= 4 is 5.96 Å². The first kappa shape index (κ1) is 12.7. The van der Waals surface area contributed by atoms with Crippen LogP contribution in [0.1, 0.15) is 39.0 Å². The molecule has 2 fully saturated rings. The van der Waals surface area contributed by atoms with E-state index in [1.54, 1.807) is 7.11 Å². The maximum Gasteiger partial charge on any atom is 0.188 e. The van der Waals surface area contributed by atoms with Crippen molar-refractivity contribution in [3.63, 3.8) is 0 Å². The fourth-order valence-corrected chi connectivity index (χ4v) is 3.38. The highest BCUT2D eigenvalue weighted by atomic mass is 16.5. The third kappa shape index (κ3) is 3.12. The lowest BCUT2D eigenvalue weighted by Crippen LogP contribution is -2.41. The highest BCUT2D eigenvalue weighted by Crippen LogP contribution is 2.54. The van der Waals surface area contributed by atoms with Gasteiger partial charge in [-0.3, -0.25) is 4.99 Å². The molecule has 2 saturated carbocycles. The third-order valence-corrected chi connectivity index (χ3v) is 4.28. The molecule has 1 atom stereocenters. The number of guanidine groups is 1. The van der Waals surface area contributed by atoms with Gasteiger partial charge in [0.25, 0.3) is 0 Å². The number of rotatable bonds is 5. The summed E-state index contributed by atoms with van der Waals surface area (Å²) >= 11 is 0. The second kappa shape index (κ2) is 5.25. The predicted molar refractivity (Wildman–Crippen MR) is 70.0 cm³/mol. The van der Waals surface area contributed by atoms with Crippen molar-refractivity contribution in [3.8, 4) is 0 Å². The van der Waals surface area contributed by atoms with Gasteiger partial charge in [-0.25, -0.2) is 0 Å². The van der Waals surface area contributed by atoms with E-state index in [9.17, 15) is 0 Å². The summed E-state index contributed by atoms with van der Waals surface area (Å²) in [6.45, 7) is 3.61. The van der Waals surface area contributed by atoms with Gasteiger partial charge in [-0.2, -0.15) is 0 Å². The molecule has 0 heterocycles. The van der Waals surface area contributed by atoms with Crippen LogP contribution in [0.15, 0.2) is 4.99 Å². The second-order valence-corrected chi connectivity index (χ2v) is 5.85. The quantitative estimate of drug-likeness (QED) is 0.564. The molecule has 2 aliphatic carbocycles. The zero-order valence-electron chi connectivity index (χ0n) is 11.0. The summed E-state index contributed by atoms with van der Waals surface area (Å²) < 4.78 is 5.06. The Labute approximate surface area is 104 Å². The van der Waals surface area contributed by atoms with E-state index in [1.807, 2.05) is 6.92 Å². The summed E-state index contributed by atoms with van der Waals surface area (Å²) in [5.74, 6) is 1.55. The minimum atomic E-state index is 0.223. The topological polar surface area (TPSA) is 59.6 Å². The second-order valence-electron chi connectivity index (χ2n) is 5.85. The van der Waals surface area contributed by atoms with Crippen LogP contribution in [0.2, 0.25) is 0 Å². The largest absolute Gasteiger partial charge is 0.383 e. The monoisotopic (exact) mass is 239 g/mol. The van der Waals surface area contributed by atoms with Gasteiger partial charge in [0.1, 0.15) is 0 Å². The van der Waals surface area contributed by atoms with Crippen LogP contribution in [0.4, 0.5) is 0 Å². The Balaban J connectivity index is 1.79. The highest BCUT2D eigenvalue weighted by Gasteiger charge is 2.44. The van der Waals surface area contributed by atoms with Crippen molar-refractivity contribution in [1.82, 2.24) is 5.32 Å². The molecule has 0 aromatic carbocycles. The van der Waals surface area contributed by atoms with Gasteiger partial charge >= 0.3 is 0 Å². The Morgan fingerprint density at radius 3 is 2.76 bits per heavy atom. The fourth-order valence-electron chi connectivity index (χ4n) is 3.38. The van der Waals surface area contributed by atoms with Crippen LogP contribution in [-0.2, 0) is 4.74 Å². The van der Waals surface area contributed by atoms with Gasteiger partial charge in [0, 0.05) is 19.7 Å². The number of methoxy groups -OCH3 is 1. The van der Waals surface area contributed by atoms with Gasteiger partial charge in [-0.05, 0) is 50.4 Å². The molecule has 17 heavy (non-hydrogen) atoms. The summed E-state index contributed by atoms with van der Waals surface area (Å²) in [6, 6.07) is 0.223. The number of nitrogens with one attached hydrogen (secondary N) is 1. The number of aliphatic imine (C=N–C) groups is 1. The van der Waals surface area contributed by atoms with E-state index in [1.165, 1.54) is 32.1 Å². The molecular weight excluding hydrogens is 214 g/mol. The molecule has 3 N–H and O–H groups in total. The van der Waals surface area contributed by atoms with Gasteiger partial charge in [0.05, 0.1) is 6.61 Å². The molecule has 2 bridgehead atoms. The molecule has 0 aliphatic heterocycles. The van der Waals surface area contributed by atoms with Gasteiger partial charge in [0.2, 0.25) is 0 Å². The van der Waals surface area contributed by atoms with Crippen LogP contribution in [0, 0.1) is 11.3 Å². The molecule has 0 amide bonds. The summed E-state index contributed by atoms with van der Waals surface area (Å²) in [7, 11) is 1.70. The number of hydrogen-bond acceptors (Lipinski definition) is 2. The molecule has 4 heteroatoms. The van der Waals surface area contributed by atoms with E-state index in [0.717, 1.165) is 12.5 Å². The zero-order valence-corrected chi connectivity index (χ0v) is 11.0. The Morgan fingerprint density at radius 1 is 1.53 bits per heavy atom. The summed E-state index contributed by atoms with van der Waals surface area (Å²) in [6.07, 6.45) is 6.88. The first-order valence-corrected chi connectivity index (χ1v) is 6.69. The van der Waals surface area contributed by atoms with Gasteiger partial charge < -0.3 is 15.8 Å². The number of fused-ring (bicyclic) bond motifs is 2. The van der Waals surface area contributed by atoms with E-state index in [0.29, 0.717) is 18.0 Å². The van der Waals surface area contributed by atoms with Crippen molar-refractivity contribution in [2.24, 2.45) is 22.1 Å². The molecule has 0 spiro atoms. The smallest absolute Gasteiger partial charge is 0.188 e. The van der Waals surface area contributed by atoms with Crippen LogP contribution in [0.3, 0.4) is 0 Å². The lowest BCUT2D eigenvalue weighted by molar-refractivity contribution is 0.179. The average Bonchev–Trinajstić information content (AvgIpc) is 2.87. The zero-order chi connectivity index (χ0) is 12.3. The Bertz CT molecular complexity index is 282. The lowest BCUT2D eigenvalue weighted by atomic mass is 9.84. The van der Waals surface area contributed by atoms with Crippen LogP contribution in [0.25, 0.3) is 0 Å². The van der Waals surface area contributed by atoms with Crippen LogP contribution >= 0.6 is 0 Å². The van der Waals surface area contributed by atoms with Crippen molar-refractivity contribution in [3.05, 3.63) is 0 Å². The molecule has 0 aromatic rings.